The van der Waals surface area contributed by atoms with Gasteiger partial charge in [0.25, 0.3) is 16.0 Å². The van der Waals surface area contributed by atoms with Gasteiger partial charge in [-0.3, -0.25) is 0 Å². The molecule has 9 heteroatoms. The number of hydrogen-bond acceptors (Lipinski definition) is 5. The summed E-state index contributed by atoms with van der Waals surface area (Å²) in [4.78, 5) is 4.52. The van der Waals surface area contributed by atoms with Crippen LogP contribution < -0.4 is 10.0 Å². The fourth-order valence-corrected chi connectivity index (χ4v) is 4.67. The Kier molecular flexibility index (Phi) is 5.41. The van der Waals surface area contributed by atoms with Gasteiger partial charge in [-0.2, -0.15) is 4.98 Å². The fraction of sp³-hybridized carbons (Fsp3) is 0.120. The Morgan fingerprint density at radius 2 is 1.53 bits per heavy atom. The van der Waals surface area contributed by atoms with E-state index in [0.29, 0.717) is 5.95 Å². The Morgan fingerprint density at radius 3 is 2.18 bits per heavy atom. The maximum atomic E-state index is 13.6. The highest BCUT2D eigenvalue weighted by molar-refractivity contribution is 7.92. The van der Waals surface area contributed by atoms with Gasteiger partial charge in [0.1, 0.15) is 11.9 Å². The second kappa shape index (κ2) is 8.42. The predicted molar refractivity (Wildman–Crippen MR) is 129 cm³/mol. The Hall–Kier alpha value is -3.98. The third-order valence-electron chi connectivity index (χ3n) is 5.60. The van der Waals surface area contributed by atoms with Crippen molar-refractivity contribution in [1.29, 1.82) is 0 Å². The molecule has 1 aliphatic rings. The minimum atomic E-state index is -3.87. The van der Waals surface area contributed by atoms with Crippen LogP contribution >= 0.6 is 0 Å². The molecule has 2 N–H and O–H groups in total. The second-order valence-electron chi connectivity index (χ2n) is 8.19. The number of nitrogens with one attached hydrogen (secondary N) is 2. The molecule has 0 saturated heterocycles. The lowest BCUT2D eigenvalue weighted by Gasteiger charge is -2.24. The van der Waals surface area contributed by atoms with Crippen LogP contribution in [-0.4, -0.2) is 23.2 Å². The molecule has 172 valence electrons. The van der Waals surface area contributed by atoms with Crippen LogP contribution in [0.25, 0.3) is 5.70 Å². The molecule has 1 unspecified atom stereocenters. The summed E-state index contributed by atoms with van der Waals surface area (Å²) in [6, 6.07) is 20.2. The van der Waals surface area contributed by atoms with E-state index in [0.717, 1.165) is 28.0 Å². The summed E-state index contributed by atoms with van der Waals surface area (Å²) in [5.74, 6) is -0.0338. The Balaban J connectivity index is 1.53. The van der Waals surface area contributed by atoms with Crippen molar-refractivity contribution >= 4 is 27.6 Å². The van der Waals surface area contributed by atoms with Crippen molar-refractivity contribution in [1.82, 2.24) is 14.8 Å². The molecule has 7 nitrogen and oxygen atoms in total. The molecule has 0 fully saturated rings. The molecule has 5 rings (SSSR count). The van der Waals surface area contributed by atoms with Gasteiger partial charge in [-0.1, -0.05) is 59.7 Å². The molecule has 0 aliphatic carbocycles. The molecular formula is C25H22FN5O2S. The van der Waals surface area contributed by atoms with Gasteiger partial charge in [-0.05, 0) is 55.3 Å². The highest BCUT2D eigenvalue weighted by atomic mass is 32.2. The number of benzene rings is 3. The molecule has 0 saturated carbocycles. The number of sulfonamides is 1. The Labute approximate surface area is 197 Å². The molecule has 3 aromatic carbocycles. The van der Waals surface area contributed by atoms with E-state index in [2.05, 4.69) is 20.1 Å². The zero-order valence-electron chi connectivity index (χ0n) is 18.5. The van der Waals surface area contributed by atoms with Crippen molar-refractivity contribution in [3.63, 3.8) is 0 Å². The van der Waals surface area contributed by atoms with E-state index in [1.54, 1.807) is 28.9 Å². The number of fused-ring (bicyclic) bond motifs is 1. The lowest BCUT2D eigenvalue weighted by Crippen LogP contribution is -2.20. The molecular weight excluding hydrogens is 453 g/mol. The van der Waals surface area contributed by atoms with E-state index in [-0.39, 0.29) is 16.7 Å². The van der Waals surface area contributed by atoms with Gasteiger partial charge in [-0.25, -0.2) is 22.2 Å². The first kappa shape index (κ1) is 21.8. The lowest BCUT2D eigenvalue weighted by molar-refractivity contribution is 0.597. The first-order chi connectivity index (χ1) is 16.3. The average molecular weight is 476 g/mol. The number of nitrogens with zero attached hydrogens (tertiary/aromatic N) is 3. The van der Waals surface area contributed by atoms with Crippen LogP contribution in [0.2, 0.25) is 0 Å². The van der Waals surface area contributed by atoms with Crippen molar-refractivity contribution in [2.45, 2.75) is 24.8 Å². The molecule has 0 spiro atoms. The van der Waals surface area contributed by atoms with Crippen LogP contribution in [0.4, 0.5) is 16.3 Å². The molecule has 0 amide bonds. The van der Waals surface area contributed by atoms with E-state index in [4.69, 9.17) is 0 Å². The molecule has 34 heavy (non-hydrogen) atoms. The van der Waals surface area contributed by atoms with E-state index in [1.165, 1.54) is 24.3 Å². The predicted octanol–water partition coefficient (Wildman–Crippen LogP) is 4.89. The van der Waals surface area contributed by atoms with Crippen LogP contribution in [0.5, 0.6) is 0 Å². The quantitative estimate of drug-likeness (QED) is 0.429. The van der Waals surface area contributed by atoms with E-state index in [1.807, 2.05) is 44.2 Å². The maximum Gasteiger partial charge on any atom is 0.264 e. The number of allylic oxidation sites excluding steroid dienone is 1. The minimum Gasteiger partial charge on any atom is -0.324 e. The lowest BCUT2D eigenvalue weighted by atomic mass is 10.0. The van der Waals surface area contributed by atoms with Gasteiger partial charge in [0.05, 0.1) is 4.90 Å². The van der Waals surface area contributed by atoms with Gasteiger partial charge < -0.3 is 5.32 Å². The summed E-state index contributed by atoms with van der Waals surface area (Å²) in [6.07, 6.45) is 1.96. The topological polar surface area (TPSA) is 88.9 Å². The van der Waals surface area contributed by atoms with Crippen molar-refractivity contribution in [2.75, 3.05) is 10.0 Å². The van der Waals surface area contributed by atoms with Gasteiger partial charge in [0, 0.05) is 5.70 Å². The van der Waals surface area contributed by atoms with Crippen molar-refractivity contribution in [3.8, 4) is 0 Å². The second-order valence-corrected chi connectivity index (χ2v) is 9.87. The SMILES string of the molecule is Cc1ccc(C2=CC(c3ccc(F)cc3)n3nc(NS(=O)(=O)c4ccc(C)cc4)nc3N2)cc1. The first-order valence-corrected chi connectivity index (χ1v) is 12.1. The molecule has 0 bridgehead atoms. The number of aromatic nitrogens is 3. The van der Waals surface area contributed by atoms with E-state index < -0.39 is 16.1 Å². The summed E-state index contributed by atoms with van der Waals surface area (Å²) >= 11 is 0. The van der Waals surface area contributed by atoms with Crippen molar-refractivity contribution in [3.05, 3.63) is 107 Å². The molecule has 1 atom stereocenters. The van der Waals surface area contributed by atoms with Gasteiger partial charge >= 0.3 is 0 Å². The summed E-state index contributed by atoms with van der Waals surface area (Å²) < 4.78 is 43.3. The standard InChI is InChI=1S/C25H22FN5O2S/c1-16-3-7-18(8-4-16)22-15-23(19-9-11-20(26)12-10-19)31-25(27-22)28-24(29-31)30-34(32,33)21-13-5-17(2)6-14-21/h3-15,23H,1-2H3,(H2,27,28,29,30). The van der Waals surface area contributed by atoms with Crippen LogP contribution in [0, 0.1) is 19.7 Å². The van der Waals surface area contributed by atoms with Crippen LogP contribution in [-0.2, 0) is 10.0 Å². The van der Waals surface area contributed by atoms with E-state index in [9.17, 15) is 12.8 Å². The van der Waals surface area contributed by atoms with E-state index >= 15 is 0 Å². The monoisotopic (exact) mass is 475 g/mol. The van der Waals surface area contributed by atoms with Crippen molar-refractivity contribution < 1.29 is 12.8 Å². The van der Waals surface area contributed by atoms with Gasteiger partial charge in [-0.15, -0.1) is 5.10 Å². The molecule has 1 aromatic heterocycles. The summed E-state index contributed by atoms with van der Waals surface area (Å²) in [5.41, 5.74) is 4.60. The maximum absolute atomic E-state index is 13.6. The number of hydrogen-bond donors (Lipinski definition) is 2. The summed E-state index contributed by atoms with van der Waals surface area (Å²) in [6.45, 7) is 3.89. The highest BCUT2D eigenvalue weighted by Gasteiger charge is 2.27. The largest absolute Gasteiger partial charge is 0.324 e. The first-order valence-electron chi connectivity index (χ1n) is 10.7. The molecule has 1 aliphatic heterocycles. The Morgan fingerprint density at radius 1 is 0.912 bits per heavy atom. The molecule has 4 aromatic rings. The molecule has 0 radical (unpaired) electrons. The number of anilines is 2. The van der Waals surface area contributed by atoms with Gasteiger partial charge in [0.15, 0.2) is 0 Å². The Bertz CT molecular complexity index is 1480. The molecule has 2 heterocycles. The van der Waals surface area contributed by atoms with Crippen LogP contribution in [0.15, 0.2) is 83.8 Å². The zero-order chi connectivity index (χ0) is 23.9. The number of aryl methyl sites for hydroxylation is 2. The van der Waals surface area contributed by atoms with Crippen LogP contribution in [0.3, 0.4) is 0 Å². The van der Waals surface area contributed by atoms with Crippen molar-refractivity contribution in [2.24, 2.45) is 0 Å². The average Bonchev–Trinajstić information content (AvgIpc) is 3.21. The third-order valence-corrected chi connectivity index (χ3v) is 6.94. The van der Waals surface area contributed by atoms with Gasteiger partial charge in [0.2, 0.25) is 5.95 Å². The summed E-state index contributed by atoms with van der Waals surface area (Å²) in [5, 5.41) is 7.65. The minimum absolute atomic E-state index is 0.0613. The summed E-state index contributed by atoms with van der Waals surface area (Å²) in [7, 11) is -3.87. The van der Waals surface area contributed by atoms with Crippen LogP contribution in [0.1, 0.15) is 28.3 Å². The number of halogens is 1. The smallest absolute Gasteiger partial charge is 0.264 e. The fourth-order valence-electron chi connectivity index (χ4n) is 3.73. The highest BCUT2D eigenvalue weighted by Crippen LogP contribution is 2.33. The third kappa shape index (κ3) is 4.29. The number of rotatable bonds is 5. The normalized spacial score (nSPS) is 15.3. The zero-order valence-corrected chi connectivity index (χ0v) is 19.3.